The molecular weight excluding hydrogens is 482 g/mol. The summed E-state index contributed by atoms with van der Waals surface area (Å²) in [6.07, 6.45) is 0.204. The van der Waals surface area contributed by atoms with Crippen molar-refractivity contribution < 1.29 is 28.6 Å². The molecule has 180 valence electrons. The number of nitrogens with zero attached hydrogens (tertiary/aromatic N) is 3. The number of anilines is 1. The normalized spacial score (nSPS) is 11.5. The summed E-state index contributed by atoms with van der Waals surface area (Å²) in [5.41, 5.74) is -1.21. The van der Waals surface area contributed by atoms with Gasteiger partial charge in [0.25, 0.3) is 0 Å². The number of carbonyl (C=O) groups excluding carboxylic acids is 3. The summed E-state index contributed by atoms with van der Waals surface area (Å²) in [5.74, 6) is -0.356. The van der Waals surface area contributed by atoms with Gasteiger partial charge in [0.1, 0.15) is 17.0 Å². The van der Waals surface area contributed by atoms with Gasteiger partial charge in [-0.1, -0.05) is 0 Å². The Morgan fingerprint density at radius 3 is 2.00 bits per heavy atom. The Morgan fingerprint density at radius 1 is 0.938 bits per heavy atom. The van der Waals surface area contributed by atoms with Gasteiger partial charge in [-0.05, 0) is 82.4 Å². The Balaban J connectivity index is 2.92. The van der Waals surface area contributed by atoms with Crippen molar-refractivity contribution in [3.05, 3.63) is 22.3 Å². The maximum absolute atomic E-state index is 12.8. The van der Waals surface area contributed by atoms with Crippen molar-refractivity contribution in [3.63, 3.8) is 0 Å². The highest BCUT2D eigenvalue weighted by molar-refractivity contribution is 9.10. The van der Waals surface area contributed by atoms with Crippen LogP contribution in [0.1, 0.15) is 64.9 Å². The lowest BCUT2D eigenvalue weighted by Gasteiger charge is -2.27. The first-order chi connectivity index (χ1) is 14.6. The highest BCUT2D eigenvalue weighted by Crippen LogP contribution is 2.23. The number of hydrogen-bond acceptors (Lipinski definition) is 7. The van der Waals surface area contributed by atoms with Gasteiger partial charge >= 0.3 is 18.2 Å². The first-order valence-corrected chi connectivity index (χ1v) is 11.1. The van der Waals surface area contributed by atoms with Gasteiger partial charge in [0.05, 0.1) is 11.6 Å². The van der Waals surface area contributed by atoms with E-state index < -0.39 is 29.4 Å². The molecule has 1 rings (SSSR count). The van der Waals surface area contributed by atoms with Gasteiger partial charge in [-0.25, -0.2) is 19.4 Å². The van der Waals surface area contributed by atoms with Crippen molar-refractivity contribution in [2.24, 2.45) is 0 Å². The van der Waals surface area contributed by atoms with E-state index in [9.17, 15) is 14.4 Å². The van der Waals surface area contributed by atoms with Crippen molar-refractivity contribution >= 4 is 39.9 Å². The minimum atomic E-state index is -0.702. The number of aromatic nitrogens is 1. The van der Waals surface area contributed by atoms with Crippen LogP contribution in [-0.4, -0.2) is 66.5 Å². The zero-order valence-corrected chi connectivity index (χ0v) is 21.7. The number of esters is 1. The maximum Gasteiger partial charge on any atom is 0.416 e. The third-order valence-corrected chi connectivity index (χ3v) is 4.57. The van der Waals surface area contributed by atoms with Gasteiger partial charge in [0.2, 0.25) is 0 Å². The highest BCUT2D eigenvalue weighted by Gasteiger charge is 2.26. The van der Waals surface area contributed by atoms with Crippen LogP contribution in [0, 0.1) is 0 Å². The smallest absolute Gasteiger partial charge is 0.416 e. The Morgan fingerprint density at radius 2 is 1.47 bits per heavy atom. The molecule has 0 spiro atoms. The van der Waals surface area contributed by atoms with Crippen LogP contribution in [0.25, 0.3) is 0 Å². The number of unbranched alkanes of at least 4 members (excludes halogenated alkanes) is 1. The van der Waals surface area contributed by atoms with Crippen molar-refractivity contribution in [1.29, 1.82) is 0 Å². The van der Waals surface area contributed by atoms with E-state index in [1.165, 1.54) is 16.9 Å². The third kappa shape index (κ3) is 9.42. The summed E-state index contributed by atoms with van der Waals surface area (Å²) >= 11 is 3.27. The lowest BCUT2D eigenvalue weighted by atomic mass is 10.2. The fraction of sp³-hybridized carbons (Fsp3) is 0.636. The van der Waals surface area contributed by atoms with Crippen molar-refractivity contribution in [3.8, 4) is 0 Å². The monoisotopic (exact) mass is 515 g/mol. The van der Waals surface area contributed by atoms with Crippen molar-refractivity contribution in [1.82, 2.24) is 9.88 Å². The third-order valence-electron chi connectivity index (χ3n) is 3.93. The van der Waals surface area contributed by atoms with Gasteiger partial charge in [-0.15, -0.1) is 0 Å². The quantitative estimate of drug-likeness (QED) is 0.285. The molecule has 1 heterocycles. The van der Waals surface area contributed by atoms with Crippen LogP contribution >= 0.6 is 15.9 Å². The molecule has 0 aliphatic heterocycles. The van der Waals surface area contributed by atoms with Crippen LogP contribution in [0.15, 0.2) is 16.6 Å². The van der Waals surface area contributed by atoms with Crippen LogP contribution in [0.2, 0.25) is 0 Å². The van der Waals surface area contributed by atoms with Crippen LogP contribution in [0.5, 0.6) is 0 Å². The average Bonchev–Trinajstić information content (AvgIpc) is 2.65. The van der Waals surface area contributed by atoms with Crippen molar-refractivity contribution in [2.45, 2.75) is 65.6 Å². The second-order valence-corrected chi connectivity index (χ2v) is 10.1. The molecule has 1 aromatic rings. The highest BCUT2D eigenvalue weighted by atomic mass is 79.9. The number of halogens is 1. The predicted octanol–water partition coefficient (Wildman–Crippen LogP) is 5.02. The summed E-state index contributed by atoms with van der Waals surface area (Å²) in [7, 11) is 2.93. The summed E-state index contributed by atoms with van der Waals surface area (Å²) < 4.78 is 16.1. The topological polar surface area (TPSA) is 98.3 Å². The molecule has 0 saturated carbocycles. The van der Waals surface area contributed by atoms with E-state index in [4.69, 9.17) is 14.2 Å². The lowest BCUT2D eigenvalue weighted by Crippen LogP contribution is -2.39. The second kappa shape index (κ2) is 11.5. The lowest BCUT2D eigenvalue weighted by molar-refractivity contribution is 0.0295. The number of pyridine rings is 1. The molecule has 0 N–H and O–H groups in total. The molecule has 32 heavy (non-hydrogen) atoms. The van der Waals surface area contributed by atoms with Crippen LogP contribution in [0.3, 0.4) is 0 Å². The van der Waals surface area contributed by atoms with Crippen LogP contribution in [0.4, 0.5) is 15.4 Å². The van der Waals surface area contributed by atoms with E-state index in [2.05, 4.69) is 20.9 Å². The summed E-state index contributed by atoms with van der Waals surface area (Å²) in [5, 5.41) is 0. The SMILES string of the molecule is COC(=O)c1nc(N(CCCCN(C)C(=O)OC(C)(C)C)C(=O)OC(C)(C)C)ccc1Br. The molecule has 0 radical (unpaired) electrons. The molecule has 9 nitrogen and oxygen atoms in total. The number of carbonyl (C=O) groups is 3. The van der Waals surface area contributed by atoms with E-state index in [0.29, 0.717) is 23.9 Å². The number of ether oxygens (including phenoxy) is 3. The summed E-state index contributed by atoms with van der Waals surface area (Å²) in [6, 6.07) is 3.25. The standard InChI is InChI=1S/C22H34BrN3O6/c1-21(2,3)31-19(28)25(7)13-9-10-14-26(20(29)32-22(4,5)6)16-12-11-15(23)17(24-16)18(27)30-8/h11-12H,9-10,13-14H2,1-8H3. The minimum absolute atomic E-state index is 0.0585. The number of hydrogen-bond donors (Lipinski definition) is 0. The molecule has 0 unspecified atom stereocenters. The molecule has 10 heteroatoms. The minimum Gasteiger partial charge on any atom is -0.464 e. The van der Waals surface area contributed by atoms with E-state index in [0.717, 1.165) is 0 Å². The molecule has 0 aromatic carbocycles. The van der Waals surface area contributed by atoms with Gasteiger partial charge in [-0.2, -0.15) is 0 Å². The van der Waals surface area contributed by atoms with Gasteiger partial charge in [0, 0.05) is 20.1 Å². The Kier molecular flexibility index (Phi) is 9.94. The molecular formula is C22H34BrN3O6. The zero-order valence-electron chi connectivity index (χ0n) is 20.2. The van der Waals surface area contributed by atoms with Gasteiger partial charge in [-0.3, -0.25) is 4.90 Å². The molecule has 2 amide bonds. The average molecular weight is 516 g/mol. The molecule has 0 bridgehead atoms. The van der Waals surface area contributed by atoms with Crippen LogP contribution < -0.4 is 4.90 Å². The molecule has 0 fully saturated rings. The van der Waals surface area contributed by atoms with Gasteiger partial charge in [0.15, 0.2) is 5.69 Å². The number of rotatable bonds is 7. The predicted molar refractivity (Wildman–Crippen MR) is 125 cm³/mol. The Labute approximate surface area is 198 Å². The van der Waals surface area contributed by atoms with Crippen molar-refractivity contribution in [2.75, 3.05) is 32.1 Å². The molecule has 1 aromatic heterocycles. The number of methoxy groups -OCH3 is 1. The second-order valence-electron chi connectivity index (χ2n) is 9.23. The Bertz CT molecular complexity index is 817. The Hall–Kier alpha value is -2.36. The largest absolute Gasteiger partial charge is 0.464 e. The van der Waals surface area contributed by atoms with E-state index in [-0.39, 0.29) is 18.1 Å². The zero-order chi connectivity index (χ0) is 24.7. The fourth-order valence-corrected chi connectivity index (χ4v) is 2.87. The van der Waals surface area contributed by atoms with E-state index in [1.807, 2.05) is 20.8 Å². The maximum atomic E-state index is 12.8. The molecule has 0 aliphatic rings. The first-order valence-electron chi connectivity index (χ1n) is 10.3. The number of amides is 2. The summed E-state index contributed by atoms with van der Waals surface area (Å²) in [6.45, 7) is 11.5. The molecule has 0 aliphatic carbocycles. The van der Waals surface area contributed by atoms with Gasteiger partial charge < -0.3 is 19.1 Å². The summed E-state index contributed by atoms with van der Waals surface area (Å²) in [4.78, 5) is 44.1. The first kappa shape index (κ1) is 27.7. The fourth-order valence-electron chi connectivity index (χ4n) is 2.49. The molecule has 0 saturated heterocycles. The molecule has 0 atom stereocenters. The van der Waals surface area contributed by atoms with E-state index in [1.54, 1.807) is 40.0 Å². The van der Waals surface area contributed by atoms with E-state index >= 15 is 0 Å². The van der Waals surface area contributed by atoms with Crippen LogP contribution in [-0.2, 0) is 14.2 Å².